The molecule has 0 N–H and O–H groups in total. The van der Waals surface area contributed by atoms with E-state index in [0.29, 0.717) is 12.2 Å². The summed E-state index contributed by atoms with van der Waals surface area (Å²) in [6.07, 6.45) is 0. The minimum atomic E-state index is -0.395. The average Bonchev–Trinajstić information content (AvgIpc) is 2.74. The summed E-state index contributed by atoms with van der Waals surface area (Å²) >= 11 is 0. The normalized spacial score (nSPS) is 10.1. The lowest BCUT2D eigenvalue weighted by atomic mass is 10.3. The van der Waals surface area contributed by atoms with E-state index in [1.54, 1.807) is 6.92 Å². The molecule has 0 heterocycles. The van der Waals surface area contributed by atoms with Crippen molar-refractivity contribution < 1.29 is 14.3 Å². The fraction of sp³-hybridized carbons (Fsp3) is 0.160. The maximum atomic E-state index is 11.4. The van der Waals surface area contributed by atoms with Crippen LogP contribution in [0.2, 0.25) is 0 Å². The monoisotopic (exact) mass is 407 g/mol. The molecule has 0 aliphatic heterocycles. The molecule has 0 radical (unpaired) electrons. The zero-order valence-corrected chi connectivity index (χ0v) is 16.7. The first kappa shape index (κ1) is 22.3. The molecule has 150 valence electrons. The molecule has 0 unspecified atom stereocenters. The highest BCUT2D eigenvalue weighted by atomic mass is 32.2. The molecule has 29 heavy (non-hydrogen) atoms. The number of carbonyl (C=O) groups is 1. The highest BCUT2D eigenvalue weighted by molar-refractivity contribution is 7.97. The van der Waals surface area contributed by atoms with Crippen molar-refractivity contribution in [1.82, 2.24) is 0 Å². The zero-order valence-electron chi connectivity index (χ0n) is 15.8. The number of hydrogen-bond acceptors (Lipinski definition) is 3. The first-order valence-corrected chi connectivity index (χ1v) is 10.3. The Morgan fingerprint density at radius 1 is 0.793 bits per heavy atom. The molecule has 0 fully saturated rings. The smallest absolute Gasteiger partial charge is 0.333 e. The quantitative estimate of drug-likeness (QED) is 0.201. The maximum absolute atomic E-state index is 11.4. The van der Waals surface area contributed by atoms with Crippen LogP contribution >= 0.6 is 0 Å². The minimum Gasteiger partial charge on any atom is -0.490 e. The van der Waals surface area contributed by atoms with E-state index >= 15 is 0 Å². The predicted molar refractivity (Wildman–Crippen MR) is 119 cm³/mol. The number of hydrogen-bond donors (Lipinski definition) is 0. The number of ether oxygens (including phenoxy) is 2. The molecule has 0 aromatic heterocycles. The summed E-state index contributed by atoms with van der Waals surface area (Å²) in [5.41, 5.74) is 0.387. The molecule has 0 amide bonds. The van der Waals surface area contributed by atoms with Gasteiger partial charge in [0.1, 0.15) is 19.0 Å². The topological polar surface area (TPSA) is 35.5 Å². The van der Waals surface area contributed by atoms with Gasteiger partial charge in [-0.2, -0.15) is 0 Å². The Balaban J connectivity index is 0.00000300. The second kappa shape index (κ2) is 11.1. The molecule has 3 aromatic carbocycles. The van der Waals surface area contributed by atoms with Gasteiger partial charge in [-0.1, -0.05) is 50.4 Å². The lowest BCUT2D eigenvalue weighted by Gasteiger charge is -2.10. The van der Waals surface area contributed by atoms with Crippen LogP contribution in [0.15, 0.2) is 112 Å². The molecule has 0 spiro atoms. The SMILES string of the molecule is C.C=C(C)C(=O)OCCOc1ccc([S+](c2ccccc2)c2ccccc2)cc1. The second-order valence-corrected chi connectivity index (χ2v) is 8.19. The van der Waals surface area contributed by atoms with Crippen molar-refractivity contribution in [1.29, 1.82) is 0 Å². The zero-order chi connectivity index (χ0) is 19.8. The van der Waals surface area contributed by atoms with Crippen molar-refractivity contribution >= 4 is 16.9 Å². The molecule has 0 aliphatic carbocycles. The van der Waals surface area contributed by atoms with Crippen molar-refractivity contribution in [2.75, 3.05) is 13.2 Å². The maximum Gasteiger partial charge on any atom is 0.333 e. The summed E-state index contributed by atoms with van der Waals surface area (Å²) in [5.74, 6) is 0.355. The van der Waals surface area contributed by atoms with Crippen LogP contribution in [0.4, 0.5) is 0 Å². The first-order chi connectivity index (χ1) is 13.6. The third kappa shape index (κ3) is 6.26. The molecule has 4 heteroatoms. The van der Waals surface area contributed by atoms with E-state index in [4.69, 9.17) is 9.47 Å². The lowest BCUT2D eigenvalue weighted by molar-refractivity contribution is -0.139. The van der Waals surface area contributed by atoms with Crippen LogP contribution in [0, 0.1) is 0 Å². The Morgan fingerprint density at radius 3 is 1.76 bits per heavy atom. The molecule has 0 saturated heterocycles. The van der Waals surface area contributed by atoms with E-state index in [2.05, 4.69) is 67.2 Å². The Bertz CT molecular complexity index is 866. The van der Waals surface area contributed by atoms with E-state index in [0.717, 1.165) is 5.75 Å². The fourth-order valence-corrected chi connectivity index (χ4v) is 4.69. The third-order valence-corrected chi connectivity index (χ3v) is 6.18. The van der Waals surface area contributed by atoms with Crippen molar-refractivity contribution in [2.24, 2.45) is 0 Å². The number of benzene rings is 3. The van der Waals surface area contributed by atoms with Gasteiger partial charge in [-0.3, -0.25) is 0 Å². The molecular weight excluding hydrogens is 380 g/mol. The minimum absolute atomic E-state index is 0. The van der Waals surface area contributed by atoms with Gasteiger partial charge >= 0.3 is 5.97 Å². The number of rotatable bonds is 8. The van der Waals surface area contributed by atoms with Gasteiger partial charge < -0.3 is 9.47 Å². The van der Waals surface area contributed by atoms with Crippen LogP contribution in [0.1, 0.15) is 14.4 Å². The Morgan fingerprint density at radius 2 is 1.28 bits per heavy atom. The van der Waals surface area contributed by atoms with Crippen LogP contribution < -0.4 is 4.74 Å². The second-order valence-electron chi connectivity index (χ2n) is 6.17. The van der Waals surface area contributed by atoms with Gasteiger partial charge in [-0.05, 0) is 55.5 Å². The predicted octanol–water partition coefficient (Wildman–Crippen LogP) is 5.92. The summed E-state index contributed by atoms with van der Waals surface area (Å²) in [6.45, 7) is 5.68. The molecule has 3 rings (SSSR count). The van der Waals surface area contributed by atoms with Gasteiger partial charge in [-0.15, -0.1) is 0 Å². The van der Waals surface area contributed by atoms with Gasteiger partial charge in [0.05, 0.1) is 10.9 Å². The van der Waals surface area contributed by atoms with E-state index in [1.165, 1.54) is 14.7 Å². The summed E-state index contributed by atoms with van der Waals surface area (Å²) in [4.78, 5) is 15.1. The van der Waals surface area contributed by atoms with Gasteiger partial charge in [0.15, 0.2) is 14.7 Å². The van der Waals surface area contributed by atoms with Crippen molar-refractivity contribution in [2.45, 2.75) is 29.0 Å². The molecule has 0 saturated carbocycles. The third-order valence-electron chi connectivity index (χ3n) is 3.95. The van der Waals surface area contributed by atoms with Crippen LogP contribution in [0.3, 0.4) is 0 Å². The lowest BCUT2D eigenvalue weighted by Crippen LogP contribution is -2.12. The largest absolute Gasteiger partial charge is 0.490 e. The fourth-order valence-electron chi connectivity index (χ4n) is 2.61. The van der Waals surface area contributed by atoms with Gasteiger partial charge in [0, 0.05) is 5.57 Å². The van der Waals surface area contributed by atoms with Gasteiger partial charge in [-0.25, -0.2) is 4.79 Å². The van der Waals surface area contributed by atoms with Gasteiger partial charge in [0.25, 0.3) is 0 Å². The van der Waals surface area contributed by atoms with E-state index in [1.807, 2.05) is 24.3 Å². The van der Waals surface area contributed by atoms with Crippen LogP contribution in [0.25, 0.3) is 0 Å². The van der Waals surface area contributed by atoms with Crippen molar-refractivity contribution in [3.8, 4) is 5.75 Å². The van der Waals surface area contributed by atoms with Gasteiger partial charge in [0.2, 0.25) is 0 Å². The molecule has 3 nitrogen and oxygen atoms in total. The Labute approximate surface area is 176 Å². The average molecular weight is 408 g/mol. The first-order valence-electron chi connectivity index (χ1n) is 9.05. The standard InChI is InChI=1S/C24H23O3S.CH4/c1-19(2)24(25)27-18-17-26-20-13-15-23(16-14-20)28(21-9-5-3-6-10-21)22-11-7-4-8-12-22;/h3-16H,1,17-18H2,2H3;1H4/q+1;. The van der Waals surface area contributed by atoms with Crippen molar-refractivity contribution in [3.05, 3.63) is 97.1 Å². The highest BCUT2D eigenvalue weighted by Gasteiger charge is 2.28. The summed E-state index contributed by atoms with van der Waals surface area (Å²) in [6, 6.07) is 29.1. The molecule has 0 aliphatic rings. The Kier molecular flexibility index (Phi) is 8.56. The van der Waals surface area contributed by atoms with Crippen LogP contribution in [-0.2, 0) is 20.4 Å². The molecule has 3 aromatic rings. The van der Waals surface area contributed by atoms with Crippen LogP contribution in [-0.4, -0.2) is 19.2 Å². The summed E-state index contributed by atoms with van der Waals surface area (Å²) in [5, 5.41) is 0. The molecule has 0 atom stereocenters. The van der Waals surface area contributed by atoms with E-state index in [9.17, 15) is 4.79 Å². The molecule has 0 bridgehead atoms. The highest BCUT2D eigenvalue weighted by Crippen LogP contribution is 2.31. The van der Waals surface area contributed by atoms with E-state index < -0.39 is 5.97 Å². The summed E-state index contributed by atoms with van der Waals surface area (Å²) in [7, 11) is -0.176. The number of carbonyl (C=O) groups excluding carboxylic acids is 1. The summed E-state index contributed by atoms with van der Waals surface area (Å²) < 4.78 is 10.7. The van der Waals surface area contributed by atoms with E-state index in [-0.39, 0.29) is 24.9 Å². The number of esters is 1. The van der Waals surface area contributed by atoms with Crippen LogP contribution in [0.5, 0.6) is 5.75 Å². The molecular formula is C25H27O3S+. The van der Waals surface area contributed by atoms with Crippen molar-refractivity contribution in [3.63, 3.8) is 0 Å². The Hall–Kier alpha value is -2.98.